The first-order valence-corrected chi connectivity index (χ1v) is 4.92. The second-order valence-corrected chi connectivity index (χ2v) is 3.38. The zero-order valence-corrected chi connectivity index (χ0v) is 9.05. The molecule has 0 aliphatic rings. The van der Waals surface area contributed by atoms with Crippen LogP contribution >= 0.6 is 24.2 Å². The lowest BCUT2D eigenvalue weighted by molar-refractivity contribution is -0.137. The smallest absolute Gasteiger partial charge is 0.166 e. The van der Waals surface area contributed by atoms with Crippen molar-refractivity contribution in [2.45, 2.75) is 6.18 Å². The highest BCUT2D eigenvalue weighted by Gasteiger charge is 2.30. The van der Waals surface area contributed by atoms with Crippen molar-refractivity contribution in [2.75, 3.05) is 5.75 Å². The first-order chi connectivity index (χ1) is 6.95. The first-order valence-electron chi connectivity index (χ1n) is 3.91. The lowest BCUT2D eigenvalue weighted by Crippen LogP contribution is -2.04. The highest BCUT2D eigenvalue weighted by Crippen LogP contribution is 2.31. The van der Waals surface area contributed by atoms with Gasteiger partial charge < -0.3 is 0 Å². The van der Waals surface area contributed by atoms with Crippen LogP contribution in [0.4, 0.5) is 13.2 Å². The van der Waals surface area contributed by atoms with Crippen LogP contribution in [-0.2, 0) is 6.18 Å². The van der Waals surface area contributed by atoms with Gasteiger partial charge in [0.2, 0.25) is 0 Å². The molecule has 0 heterocycles. The van der Waals surface area contributed by atoms with E-state index in [1.807, 2.05) is 0 Å². The van der Waals surface area contributed by atoms with Gasteiger partial charge in [-0.05, 0) is 18.2 Å². The minimum atomic E-state index is -4.37. The van der Waals surface area contributed by atoms with Crippen molar-refractivity contribution in [3.8, 4) is 11.8 Å². The van der Waals surface area contributed by atoms with E-state index in [-0.39, 0.29) is 16.3 Å². The lowest BCUT2D eigenvalue weighted by atomic mass is 10.1. The summed E-state index contributed by atoms with van der Waals surface area (Å²) < 4.78 is 36.9. The summed E-state index contributed by atoms with van der Waals surface area (Å²) in [7, 11) is 0. The summed E-state index contributed by atoms with van der Waals surface area (Å²) in [6.07, 6.45) is -4.37. The standard InChI is InChI=1S/C10H6ClF3S/c11-9-4-3-8(10(12,13)14)6-7(9)2-1-5-15/h3-4,6,15H,5H2. The number of thiol groups is 1. The fraction of sp³-hybridized carbons (Fsp3) is 0.200. The molecule has 0 spiro atoms. The molecule has 1 aromatic rings. The van der Waals surface area contributed by atoms with E-state index in [4.69, 9.17) is 11.6 Å². The predicted molar refractivity (Wildman–Crippen MR) is 57.2 cm³/mol. The molecule has 0 radical (unpaired) electrons. The largest absolute Gasteiger partial charge is 0.416 e. The molecule has 1 aromatic carbocycles. The summed E-state index contributed by atoms with van der Waals surface area (Å²) in [6.45, 7) is 0. The summed E-state index contributed by atoms with van der Waals surface area (Å²) >= 11 is 9.52. The second kappa shape index (κ2) is 4.82. The zero-order valence-electron chi connectivity index (χ0n) is 7.40. The van der Waals surface area contributed by atoms with Crippen molar-refractivity contribution in [3.05, 3.63) is 34.3 Å². The van der Waals surface area contributed by atoms with Gasteiger partial charge in [-0.15, -0.1) is 0 Å². The number of hydrogen-bond acceptors (Lipinski definition) is 1. The first kappa shape index (κ1) is 12.3. The van der Waals surface area contributed by atoms with Crippen LogP contribution in [0.2, 0.25) is 5.02 Å². The van der Waals surface area contributed by atoms with Gasteiger partial charge in [-0.25, -0.2) is 0 Å². The topological polar surface area (TPSA) is 0 Å². The summed E-state index contributed by atoms with van der Waals surface area (Å²) in [5, 5.41) is 0.206. The number of benzene rings is 1. The van der Waals surface area contributed by atoms with Crippen molar-refractivity contribution in [2.24, 2.45) is 0 Å². The third-order valence-electron chi connectivity index (χ3n) is 1.60. The minimum absolute atomic E-state index is 0.167. The van der Waals surface area contributed by atoms with Crippen molar-refractivity contribution >= 4 is 24.2 Å². The quantitative estimate of drug-likeness (QED) is 0.527. The monoisotopic (exact) mass is 250 g/mol. The summed E-state index contributed by atoms with van der Waals surface area (Å²) in [4.78, 5) is 0. The molecule has 0 aliphatic heterocycles. The Hall–Kier alpha value is -0.790. The highest BCUT2D eigenvalue weighted by atomic mass is 35.5. The fourth-order valence-corrected chi connectivity index (χ4v) is 1.18. The van der Waals surface area contributed by atoms with Gasteiger partial charge in [0.25, 0.3) is 0 Å². The molecule has 0 nitrogen and oxygen atoms in total. The van der Waals surface area contributed by atoms with Crippen LogP contribution in [0.15, 0.2) is 18.2 Å². The van der Waals surface area contributed by atoms with Crippen LogP contribution in [0.25, 0.3) is 0 Å². The Morgan fingerprint density at radius 2 is 2.00 bits per heavy atom. The van der Waals surface area contributed by atoms with Crippen molar-refractivity contribution in [1.29, 1.82) is 0 Å². The van der Waals surface area contributed by atoms with E-state index in [0.29, 0.717) is 0 Å². The molecule has 0 bridgehead atoms. The van der Waals surface area contributed by atoms with E-state index in [2.05, 4.69) is 24.5 Å². The van der Waals surface area contributed by atoms with Gasteiger partial charge in [0.1, 0.15) is 0 Å². The summed E-state index contributed by atoms with van der Waals surface area (Å²) in [5.74, 6) is 5.33. The van der Waals surface area contributed by atoms with Gasteiger partial charge in [0.05, 0.1) is 16.3 Å². The Balaban J connectivity index is 3.17. The zero-order chi connectivity index (χ0) is 11.5. The molecule has 0 N–H and O–H groups in total. The van der Waals surface area contributed by atoms with E-state index >= 15 is 0 Å². The van der Waals surface area contributed by atoms with E-state index < -0.39 is 11.7 Å². The Bertz CT molecular complexity index is 415. The Kier molecular flexibility index (Phi) is 3.95. The average molecular weight is 251 g/mol. The van der Waals surface area contributed by atoms with Crippen LogP contribution in [0.5, 0.6) is 0 Å². The van der Waals surface area contributed by atoms with Crippen molar-refractivity contribution in [3.63, 3.8) is 0 Å². The third kappa shape index (κ3) is 3.37. The Morgan fingerprint density at radius 3 is 2.53 bits per heavy atom. The van der Waals surface area contributed by atoms with Gasteiger partial charge in [-0.2, -0.15) is 25.8 Å². The van der Waals surface area contributed by atoms with E-state index in [1.54, 1.807) is 0 Å². The average Bonchev–Trinajstić information content (AvgIpc) is 2.15. The molecular formula is C10H6ClF3S. The molecule has 5 heteroatoms. The van der Waals surface area contributed by atoms with E-state index in [1.165, 1.54) is 6.07 Å². The molecule has 15 heavy (non-hydrogen) atoms. The normalized spacial score (nSPS) is 10.7. The molecule has 0 atom stereocenters. The fourth-order valence-electron chi connectivity index (χ4n) is 0.932. The van der Waals surface area contributed by atoms with Gasteiger partial charge in [0, 0.05) is 5.56 Å². The molecule has 0 unspecified atom stereocenters. The Morgan fingerprint density at radius 1 is 1.33 bits per heavy atom. The van der Waals surface area contributed by atoms with Crippen LogP contribution in [-0.4, -0.2) is 5.75 Å². The van der Waals surface area contributed by atoms with Crippen LogP contribution in [0.1, 0.15) is 11.1 Å². The molecular weight excluding hydrogens is 245 g/mol. The van der Waals surface area contributed by atoms with Gasteiger partial charge in [-0.1, -0.05) is 23.4 Å². The Labute approximate surface area is 95.8 Å². The number of alkyl halides is 3. The number of rotatable bonds is 0. The second-order valence-electron chi connectivity index (χ2n) is 2.65. The third-order valence-corrected chi connectivity index (χ3v) is 2.08. The van der Waals surface area contributed by atoms with Crippen LogP contribution in [0.3, 0.4) is 0 Å². The van der Waals surface area contributed by atoms with Crippen molar-refractivity contribution in [1.82, 2.24) is 0 Å². The molecule has 1 rings (SSSR count). The van der Waals surface area contributed by atoms with Gasteiger partial charge in [-0.3, -0.25) is 0 Å². The summed E-state index contributed by atoms with van der Waals surface area (Å²) in [6, 6.07) is 3.04. The van der Waals surface area contributed by atoms with E-state index in [0.717, 1.165) is 12.1 Å². The summed E-state index contributed by atoms with van der Waals surface area (Å²) in [5.41, 5.74) is -0.587. The SMILES string of the molecule is FC(F)(F)c1ccc(Cl)c(C#CCS)c1. The molecule has 80 valence electrons. The maximum absolute atomic E-state index is 12.3. The van der Waals surface area contributed by atoms with E-state index in [9.17, 15) is 13.2 Å². The molecule has 0 amide bonds. The molecule has 0 saturated heterocycles. The molecule has 0 aromatic heterocycles. The minimum Gasteiger partial charge on any atom is -0.166 e. The van der Waals surface area contributed by atoms with Gasteiger partial charge >= 0.3 is 6.18 Å². The maximum atomic E-state index is 12.3. The predicted octanol–water partition coefficient (Wildman–Crippen LogP) is 3.64. The number of halogens is 4. The maximum Gasteiger partial charge on any atom is 0.416 e. The lowest BCUT2D eigenvalue weighted by Gasteiger charge is -2.07. The van der Waals surface area contributed by atoms with Crippen LogP contribution < -0.4 is 0 Å². The molecule has 0 aliphatic carbocycles. The van der Waals surface area contributed by atoms with Crippen LogP contribution in [0, 0.1) is 11.8 Å². The van der Waals surface area contributed by atoms with Gasteiger partial charge in [0.15, 0.2) is 0 Å². The van der Waals surface area contributed by atoms with Crippen molar-refractivity contribution < 1.29 is 13.2 Å². The highest BCUT2D eigenvalue weighted by molar-refractivity contribution is 7.80. The molecule has 0 saturated carbocycles. The molecule has 0 fully saturated rings. The number of hydrogen-bond donors (Lipinski definition) is 1.